The zero-order chi connectivity index (χ0) is 19.6. The third-order valence-electron chi connectivity index (χ3n) is 3.40. The Kier molecular flexibility index (Phi) is 7.07. The van der Waals surface area contributed by atoms with Crippen LogP contribution in [-0.4, -0.2) is 29.9 Å². The molecule has 0 aliphatic rings. The fourth-order valence-corrected chi connectivity index (χ4v) is 2.09. The van der Waals surface area contributed by atoms with Gasteiger partial charge in [0.15, 0.2) is 6.61 Å². The summed E-state index contributed by atoms with van der Waals surface area (Å²) in [6.07, 6.45) is 2.89. The first-order chi connectivity index (χ1) is 13.0. The van der Waals surface area contributed by atoms with Crippen LogP contribution in [0.3, 0.4) is 0 Å². The Labute approximate surface area is 156 Å². The first kappa shape index (κ1) is 19.6. The molecule has 0 radical (unpaired) electrons. The van der Waals surface area contributed by atoms with Crippen LogP contribution >= 0.6 is 0 Å². The number of non-ortho nitro benzene ring substituents is 1. The van der Waals surface area contributed by atoms with Crippen molar-refractivity contribution in [2.75, 3.05) is 18.5 Å². The molecule has 140 valence electrons. The number of hydrogen-bond donors (Lipinski definition) is 2. The van der Waals surface area contributed by atoms with Crippen molar-refractivity contribution in [1.29, 1.82) is 0 Å². The minimum absolute atomic E-state index is 0.00825. The van der Waals surface area contributed by atoms with Gasteiger partial charge in [0.2, 0.25) is 5.91 Å². The summed E-state index contributed by atoms with van der Waals surface area (Å²) in [4.78, 5) is 33.4. The van der Waals surface area contributed by atoms with E-state index in [9.17, 15) is 19.7 Å². The zero-order valence-corrected chi connectivity index (χ0v) is 14.7. The van der Waals surface area contributed by atoms with Crippen LogP contribution in [-0.2, 0) is 9.59 Å². The third kappa shape index (κ3) is 6.62. The number of ether oxygens (including phenoxy) is 1. The number of hydrogen-bond acceptors (Lipinski definition) is 5. The minimum atomic E-state index is -0.482. The van der Waals surface area contributed by atoms with E-state index < -0.39 is 4.92 Å². The first-order valence-electron chi connectivity index (χ1n) is 8.21. The smallest absolute Gasteiger partial charge is 0.269 e. The van der Waals surface area contributed by atoms with E-state index >= 15 is 0 Å². The van der Waals surface area contributed by atoms with E-state index in [0.717, 1.165) is 0 Å². The highest BCUT2D eigenvalue weighted by atomic mass is 16.6. The lowest BCUT2D eigenvalue weighted by Crippen LogP contribution is -2.28. The summed E-state index contributed by atoms with van der Waals surface area (Å²) in [5.74, 6) is -0.0312. The molecule has 2 aromatic rings. The molecule has 0 bridgehead atoms. The Hall–Kier alpha value is -3.68. The van der Waals surface area contributed by atoms with Gasteiger partial charge >= 0.3 is 0 Å². The molecule has 27 heavy (non-hydrogen) atoms. The summed E-state index contributed by atoms with van der Waals surface area (Å²) in [6.45, 7) is 2.30. The van der Waals surface area contributed by atoms with E-state index in [1.54, 1.807) is 42.5 Å². The summed E-state index contributed by atoms with van der Waals surface area (Å²) in [5, 5.41) is 15.9. The molecule has 0 aliphatic heterocycles. The number of nitrogens with zero attached hydrogens (tertiary/aromatic N) is 1. The highest BCUT2D eigenvalue weighted by Crippen LogP contribution is 2.16. The van der Waals surface area contributed by atoms with Crippen LogP contribution in [0.5, 0.6) is 5.75 Å². The number of carbonyl (C=O) groups is 2. The number of nitrogens with one attached hydrogen (secondary N) is 2. The summed E-state index contributed by atoms with van der Waals surface area (Å²) >= 11 is 0. The first-order valence-corrected chi connectivity index (χ1v) is 8.21. The van der Waals surface area contributed by atoms with Crippen molar-refractivity contribution in [3.63, 3.8) is 0 Å². The Morgan fingerprint density at radius 3 is 2.37 bits per heavy atom. The number of benzene rings is 2. The van der Waals surface area contributed by atoms with Gasteiger partial charge in [-0.3, -0.25) is 19.7 Å². The maximum absolute atomic E-state index is 11.9. The molecule has 8 heteroatoms. The van der Waals surface area contributed by atoms with E-state index in [1.807, 2.05) is 6.92 Å². The second-order valence-electron chi connectivity index (χ2n) is 5.44. The second kappa shape index (κ2) is 9.71. The quantitative estimate of drug-likeness (QED) is 0.422. The lowest BCUT2D eigenvalue weighted by molar-refractivity contribution is -0.384. The van der Waals surface area contributed by atoms with Crippen LogP contribution < -0.4 is 15.4 Å². The van der Waals surface area contributed by atoms with Crippen molar-refractivity contribution in [3.8, 4) is 5.75 Å². The molecular weight excluding hydrogens is 350 g/mol. The van der Waals surface area contributed by atoms with Gasteiger partial charge in [0.25, 0.3) is 11.6 Å². The number of nitro groups is 1. The normalized spacial score (nSPS) is 10.4. The lowest BCUT2D eigenvalue weighted by Gasteiger charge is -2.07. The molecule has 0 saturated heterocycles. The predicted molar refractivity (Wildman–Crippen MR) is 101 cm³/mol. The predicted octanol–water partition coefficient (Wildman–Crippen LogP) is 2.76. The average Bonchev–Trinajstić information content (AvgIpc) is 2.66. The van der Waals surface area contributed by atoms with Crippen LogP contribution in [0.15, 0.2) is 54.6 Å². The zero-order valence-electron chi connectivity index (χ0n) is 14.7. The van der Waals surface area contributed by atoms with Crippen molar-refractivity contribution < 1.29 is 19.2 Å². The third-order valence-corrected chi connectivity index (χ3v) is 3.40. The van der Waals surface area contributed by atoms with E-state index in [1.165, 1.54) is 18.2 Å². The van der Waals surface area contributed by atoms with Crippen LogP contribution in [0.2, 0.25) is 0 Å². The van der Waals surface area contributed by atoms with Crippen molar-refractivity contribution in [2.45, 2.75) is 6.92 Å². The Bertz CT molecular complexity index is 829. The van der Waals surface area contributed by atoms with E-state index in [4.69, 9.17) is 4.74 Å². The van der Waals surface area contributed by atoms with E-state index in [2.05, 4.69) is 10.6 Å². The molecule has 0 fully saturated rings. The van der Waals surface area contributed by atoms with Gasteiger partial charge in [-0.05, 0) is 55.0 Å². The topological polar surface area (TPSA) is 111 Å². The number of likely N-dealkylation sites (N-methyl/N-ethyl adjacent to an activating group) is 1. The number of carbonyl (C=O) groups excluding carboxylic acids is 2. The molecule has 8 nitrogen and oxygen atoms in total. The molecule has 2 N–H and O–H groups in total. The lowest BCUT2D eigenvalue weighted by atomic mass is 10.2. The average molecular weight is 369 g/mol. The molecule has 0 aromatic heterocycles. The molecule has 2 amide bonds. The van der Waals surface area contributed by atoms with Crippen molar-refractivity contribution in [3.05, 3.63) is 70.3 Å². The monoisotopic (exact) mass is 369 g/mol. The Morgan fingerprint density at radius 1 is 1.11 bits per heavy atom. The van der Waals surface area contributed by atoms with Crippen LogP contribution in [0.4, 0.5) is 11.4 Å². The van der Waals surface area contributed by atoms with Crippen molar-refractivity contribution >= 4 is 29.3 Å². The molecule has 2 aromatic carbocycles. The van der Waals surface area contributed by atoms with Gasteiger partial charge < -0.3 is 15.4 Å². The number of rotatable bonds is 8. The molecular formula is C19H19N3O5. The number of amides is 2. The highest BCUT2D eigenvalue weighted by Gasteiger charge is 2.04. The molecule has 0 saturated carbocycles. The van der Waals surface area contributed by atoms with Crippen LogP contribution in [0.25, 0.3) is 6.08 Å². The van der Waals surface area contributed by atoms with Gasteiger partial charge in [0.05, 0.1) is 4.92 Å². The fourth-order valence-electron chi connectivity index (χ4n) is 2.09. The molecule has 0 unspecified atom stereocenters. The van der Waals surface area contributed by atoms with Crippen LogP contribution in [0, 0.1) is 10.1 Å². The van der Waals surface area contributed by atoms with Gasteiger partial charge in [-0.25, -0.2) is 0 Å². The number of anilines is 1. The fraction of sp³-hybridized carbons (Fsp3) is 0.158. The van der Waals surface area contributed by atoms with E-state index in [-0.39, 0.29) is 24.1 Å². The highest BCUT2D eigenvalue weighted by molar-refractivity contribution is 6.01. The summed E-state index contributed by atoms with van der Waals surface area (Å²) in [5.41, 5.74) is 1.23. The Balaban J connectivity index is 1.86. The summed E-state index contributed by atoms with van der Waals surface area (Å²) < 4.78 is 5.33. The van der Waals surface area contributed by atoms with E-state index in [0.29, 0.717) is 23.5 Å². The molecule has 0 atom stereocenters. The molecule has 0 aliphatic carbocycles. The molecule has 0 spiro atoms. The van der Waals surface area contributed by atoms with Crippen molar-refractivity contribution in [1.82, 2.24) is 5.32 Å². The second-order valence-corrected chi connectivity index (χ2v) is 5.44. The minimum Gasteiger partial charge on any atom is -0.484 e. The maximum Gasteiger partial charge on any atom is 0.269 e. The van der Waals surface area contributed by atoms with Gasteiger partial charge in [-0.15, -0.1) is 0 Å². The van der Waals surface area contributed by atoms with Gasteiger partial charge in [-0.1, -0.05) is 0 Å². The Morgan fingerprint density at radius 2 is 1.78 bits per heavy atom. The SMILES string of the molecule is CCNC(=O)COc1ccc(NC(=O)/C=C/c2ccc([N+](=O)[O-])cc2)cc1. The number of nitro benzene ring substituents is 1. The molecule has 0 heterocycles. The van der Waals surface area contributed by atoms with Gasteiger partial charge in [-0.2, -0.15) is 0 Å². The maximum atomic E-state index is 11.9. The largest absolute Gasteiger partial charge is 0.484 e. The molecule has 2 rings (SSSR count). The summed E-state index contributed by atoms with van der Waals surface area (Å²) in [7, 11) is 0. The standard InChI is InChI=1S/C19H19N3O5/c1-2-20-19(24)13-27-17-10-6-15(7-11-17)21-18(23)12-5-14-3-8-16(9-4-14)22(25)26/h3-12H,2,13H2,1H3,(H,20,24)(H,21,23)/b12-5+. The summed E-state index contributed by atoms with van der Waals surface area (Å²) in [6, 6.07) is 12.5. The van der Waals surface area contributed by atoms with Crippen LogP contribution in [0.1, 0.15) is 12.5 Å². The van der Waals surface area contributed by atoms with Gasteiger partial charge in [0.1, 0.15) is 5.75 Å². The van der Waals surface area contributed by atoms with Gasteiger partial charge in [0, 0.05) is 30.4 Å². The van der Waals surface area contributed by atoms with Crippen molar-refractivity contribution in [2.24, 2.45) is 0 Å².